The molecule has 1 aromatic heterocycles. The summed E-state index contributed by atoms with van der Waals surface area (Å²) in [6.07, 6.45) is 5.99. The van der Waals surface area contributed by atoms with Crippen LogP contribution in [0.5, 0.6) is 0 Å². The molecule has 92 valence electrons. The lowest BCUT2D eigenvalue weighted by Gasteiger charge is -2.19. The van der Waals surface area contributed by atoms with E-state index >= 15 is 0 Å². The minimum atomic E-state index is -0.128. The van der Waals surface area contributed by atoms with Gasteiger partial charge in [0, 0.05) is 37.8 Å². The second-order valence-electron chi connectivity index (χ2n) is 4.46. The standard InChI is InChI=1S/C13H18N2O2/c16-10-12(11-4-3-5-14-9-11)8-13(17)15-6-1-2-7-15/h3-5,9,12,16H,1-2,6-8,10H2. The van der Waals surface area contributed by atoms with Crippen molar-refractivity contribution in [3.05, 3.63) is 30.1 Å². The summed E-state index contributed by atoms with van der Waals surface area (Å²) in [5.41, 5.74) is 0.933. The number of hydrogen-bond donors (Lipinski definition) is 1. The zero-order valence-corrected chi connectivity index (χ0v) is 9.88. The average Bonchev–Trinajstić information content (AvgIpc) is 2.90. The Morgan fingerprint density at radius 3 is 2.82 bits per heavy atom. The maximum absolute atomic E-state index is 12.0. The van der Waals surface area contributed by atoms with Gasteiger partial charge in [-0.05, 0) is 24.5 Å². The monoisotopic (exact) mass is 234 g/mol. The third-order valence-electron chi connectivity index (χ3n) is 3.26. The third kappa shape index (κ3) is 3.03. The van der Waals surface area contributed by atoms with Crippen molar-refractivity contribution < 1.29 is 9.90 Å². The molecule has 1 saturated heterocycles. The Morgan fingerprint density at radius 2 is 2.24 bits per heavy atom. The Morgan fingerprint density at radius 1 is 1.47 bits per heavy atom. The van der Waals surface area contributed by atoms with Crippen LogP contribution < -0.4 is 0 Å². The van der Waals surface area contributed by atoms with Crippen molar-refractivity contribution in [1.82, 2.24) is 9.88 Å². The second kappa shape index (κ2) is 5.77. The van der Waals surface area contributed by atoms with Crippen molar-refractivity contribution in [1.29, 1.82) is 0 Å². The van der Waals surface area contributed by atoms with Crippen LogP contribution in [0, 0.1) is 0 Å². The van der Waals surface area contributed by atoms with E-state index in [1.807, 2.05) is 17.0 Å². The highest BCUT2D eigenvalue weighted by Gasteiger charge is 2.22. The van der Waals surface area contributed by atoms with Crippen molar-refractivity contribution in [2.75, 3.05) is 19.7 Å². The lowest BCUT2D eigenvalue weighted by atomic mass is 9.97. The topological polar surface area (TPSA) is 53.4 Å². The molecule has 1 fully saturated rings. The summed E-state index contributed by atoms with van der Waals surface area (Å²) in [5, 5.41) is 9.37. The molecule has 2 rings (SSSR count). The predicted molar refractivity (Wildman–Crippen MR) is 64.5 cm³/mol. The quantitative estimate of drug-likeness (QED) is 0.850. The van der Waals surface area contributed by atoms with Crippen molar-refractivity contribution >= 4 is 5.91 Å². The van der Waals surface area contributed by atoms with Gasteiger partial charge in [-0.15, -0.1) is 0 Å². The van der Waals surface area contributed by atoms with Crippen LogP contribution in [-0.2, 0) is 4.79 Å². The Balaban J connectivity index is 1.97. The number of hydrogen-bond acceptors (Lipinski definition) is 3. The van der Waals surface area contributed by atoms with Crippen molar-refractivity contribution in [3.8, 4) is 0 Å². The van der Waals surface area contributed by atoms with Gasteiger partial charge in [0.25, 0.3) is 0 Å². The van der Waals surface area contributed by atoms with E-state index in [1.54, 1.807) is 12.4 Å². The van der Waals surface area contributed by atoms with E-state index in [1.165, 1.54) is 0 Å². The first kappa shape index (κ1) is 12.0. The van der Waals surface area contributed by atoms with E-state index in [0.717, 1.165) is 31.5 Å². The van der Waals surface area contributed by atoms with Crippen molar-refractivity contribution in [3.63, 3.8) is 0 Å². The lowest BCUT2D eigenvalue weighted by Crippen LogP contribution is -2.29. The first-order chi connectivity index (χ1) is 8.31. The zero-order chi connectivity index (χ0) is 12.1. The van der Waals surface area contributed by atoms with Gasteiger partial charge >= 0.3 is 0 Å². The molecule has 1 aromatic rings. The van der Waals surface area contributed by atoms with E-state index in [9.17, 15) is 9.90 Å². The molecule has 0 spiro atoms. The summed E-state index contributed by atoms with van der Waals surface area (Å²) in [6, 6.07) is 3.74. The Kier molecular flexibility index (Phi) is 4.09. The Hall–Kier alpha value is -1.42. The van der Waals surface area contributed by atoms with Gasteiger partial charge in [0.15, 0.2) is 0 Å². The fraction of sp³-hybridized carbons (Fsp3) is 0.538. The number of pyridine rings is 1. The van der Waals surface area contributed by atoms with E-state index in [-0.39, 0.29) is 18.4 Å². The molecule has 0 radical (unpaired) electrons. The third-order valence-corrected chi connectivity index (χ3v) is 3.26. The first-order valence-corrected chi connectivity index (χ1v) is 6.10. The number of aromatic nitrogens is 1. The highest BCUT2D eigenvalue weighted by atomic mass is 16.3. The van der Waals surface area contributed by atoms with Crippen LogP contribution in [0.2, 0.25) is 0 Å². The van der Waals surface area contributed by atoms with Gasteiger partial charge in [-0.1, -0.05) is 6.07 Å². The van der Waals surface area contributed by atoms with Crippen LogP contribution in [0.15, 0.2) is 24.5 Å². The highest BCUT2D eigenvalue weighted by molar-refractivity contribution is 5.77. The summed E-state index contributed by atoms with van der Waals surface area (Å²) in [5.74, 6) is 0.0159. The lowest BCUT2D eigenvalue weighted by molar-refractivity contribution is -0.130. The van der Waals surface area contributed by atoms with Crippen LogP contribution in [0.25, 0.3) is 0 Å². The molecule has 0 saturated carbocycles. The number of aliphatic hydroxyl groups excluding tert-OH is 1. The Labute approximate surface area is 101 Å². The number of rotatable bonds is 4. The molecular weight excluding hydrogens is 216 g/mol. The second-order valence-corrected chi connectivity index (χ2v) is 4.46. The molecule has 0 aliphatic carbocycles. The zero-order valence-electron chi connectivity index (χ0n) is 9.88. The van der Waals surface area contributed by atoms with Crippen LogP contribution in [0.1, 0.15) is 30.7 Å². The molecule has 1 atom stereocenters. The number of aliphatic hydroxyl groups is 1. The van der Waals surface area contributed by atoms with Crippen LogP contribution in [-0.4, -0.2) is 40.6 Å². The van der Waals surface area contributed by atoms with Crippen LogP contribution in [0.3, 0.4) is 0 Å². The van der Waals surface area contributed by atoms with Gasteiger partial charge in [0.2, 0.25) is 5.91 Å². The van der Waals surface area contributed by atoms with Gasteiger partial charge in [-0.2, -0.15) is 0 Å². The minimum absolute atomic E-state index is 0.00866. The first-order valence-electron chi connectivity index (χ1n) is 6.10. The van der Waals surface area contributed by atoms with E-state index in [4.69, 9.17) is 0 Å². The molecule has 1 amide bonds. The fourth-order valence-corrected chi connectivity index (χ4v) is 2.21. The van der Waals surface area contributed by atoms with Crippen molar-refractivity contribution in [2.24, 2.45) is 0 Å². The summed E-state index contributed by atoms with van der Waals surface area (Å²) in [7, 11) is 0. The van der Waals surface area contributed by atoms with E-state index in [2.05, 4.69) is 4.98 Å². The maximum Gasteiger partial charge on any atom is 0.223 e. The number of likely N-dealkylation sites (tertiary alicyclic amines) is 1. The highest BCUT2D eigenvalue weighted by Crippen LogP contribution is 2.20. The molecule has 1 unspecified atom stereocenters. The van der Waals surface area contributed by atoms with Crippen molar-refractivity contribution in [2.45, 2.75) is 25.2 Å². The van der Waals surface area contributed by atoms with E-state index < -0.39 is 0 Å². The molecule has 4 heteroatoms. The summed E-state index contributed by atoms with van der Waals surface area (Å²) < 4.78 is 0. The number of nitrogens with zero attached hydrogens (tertiary/aromatic N) is 2. The molecule has 4 nitrogen and oxygen atoms in total. The van der Waals surface area contributed by atoms with Crippen LogP contribution >= 0.6 is 0 Å². The molecule has 0 bridgehead atoms. The number of carbonyl (C=O) groups excluding carboxylic acids is 1. The smallest absolute Gasteiger partial charge is 0.223 e. The minimum Gasteiger partial charge on any atom is -0.396 e. The number of carbonyl (C=O) groups is 1. The van der Waals surface area contributed by atoms with Gasteiger partial charge in [-0.25, -0.2) is 0 Å². The van der Waals surface area contributed by atoms with Gasteiger partial charge in [-0.3, -0.25) is 9.78 Å². The molecule has 2 heterocycles. The molecule has 1 aliphatic heterocycles. The largest absolute Gasteiger partial charge is 0.396 e. The van der Waals surface area contributed by atoms with E-state index in [0.29, 0.717) is 6.42 Å². The fourth-order valence-electron chi connectivity index (χ4n) is 2.21. The van der Waals surface area contributed by atoms with Crippen LogP contribution in [0.4, 0.5) is 0 Å². The molecule has 0 aromatic carbocycles. The normalized spacial score (nSPS) is 17.1. The molecule has 1 N–H and O–H groups in total. The average molecular weight is 234 g/mol. The molecule has 17 heavy (non-hydrogen) atoms. The van der Waals surface area contributed by atoms with Gasteiger partial charge in [0.05, 0.1) is 6.61 Å². The molecule has 1 aliphatic rings. The predicted octanol–water partition coefficient (Wildman–Crippen LogP) is 1.17. The summed E-state index contributed by atoms with van der Waals surface area (Å²) in [4.78, 5) is 17.9. The van der Waals surface area contributed by atoms with Gasteiger partial charge < -0.3 is 10.0 Å². The van der Waals surface area contributed by atoms with Gasteiger partial charge in [0.1, 0.15) is 0 Å². The number of amides is 1. The maximum atomic E-state index is 12.0. The Bertz CT molecular complexity index is 361. The SMILES string of the molecule is O=C(CC(CO)c1cccnc1)N1CCCC1. The summed E-state index contributed by atoms with van der Waals surface area (Å²) in [6.45, 7) is 1.72. The molecular formula is C13H18N2O2. The summed E-state index contributed by atoms with van der Waals surface area (Å²) >= 11 is 0.